The third kappa shape index (κ3) is 3.30. The van der Waals surface area contributed by atoms with Gasteiger partial charge in [-0.1, -0.05) is 12.1 Å². The molecule has 0 amide bonds. The van der Waals surface area contributed by atoms with Crippen LogP contribution in [0.25, 0.3) is 0 Å². The number of anilines is 1. The lowest BCUT2D eigenvalue weighted by atomic mass is 10.1. The fraction of sp³-hybridized carbons (Fsp3) is 0.286. The second kappa shape index (κ2) is 5.81. The van der Waals surface area contributed by atoms with Gasteiger partial charge in [0.05, 0.1) is 5.69 Å². The zero-order valence-corrected chi connectivity index (χ0v) is 11.6. The van der Waals surface area contributed by atoms with Gasteiger partial charge in [0.15, 0.2) is 0 Å². The van der Waals surface area contributed by atoms with Crippen LogP contribution < -0.4 is 5.32 Å². The zero-order chi connectivity index (χ0) is 13.8. The third-order valence-electron chi connectivity index (χ3n) is 2.81. The maximum Gasteiger partial charge on any atom is 0.127 e. The van der Waals surface area contributed by atoms with Crippen LogP contribution in [0.2, 0.25) is 0 Å². The largest absolute Gasteiger partial charge is 0.372 e. The number of aromatic nitrogens is 1. The summed E-state index contributed by atoms with van der Waals surface area (Å²) in [6.45, 7) is 3.85. The van der Waals surface area contributed by atoms with Gasteiger partial charge in [-0.15, -0.1) is 0 Å². The summed E-state index contributed by atoms with van der Waals surface area (Å²) in [6, 6.07) is 8.77. The van der Waals surface area contributed by atoms with Crippen molar-refractivity contribution in [1.82, 2.24) is 4.37 Å². The molecule has 3 nitrogen and oxygen atoms in total. The Hall–Kier alpha value is -1.93. The molecule has 0 saturated heterocycles. The minimum absolute atomic E-state index is 0.150. The fourth-order valence-corrected chi connectivity index (χ4v) is 2.71. The van der Waals surface area contributed by atoms with Crippen LogP contribution in [0.4, 0.5) is 9.39 Å². The molecule has 1 heterocycles. The summed E-state index contributed by atoms with van der Waals surface area (Å²) in [5, 5.41) is 13.1. The number of aryl methyl sites for hydroxylation is 1. The van der Waals surface area contributed by atoms with Crippen molar-refractivity contribution in [1.29, 1.82) is 5.26 Å². The topological polar surface area (TPSA) is 48.7 Å². The van der Waals surface area contributed by atoms with E-state index >= 15 is 0 Å². The molecule has 0 aliphatic heterocycles. The first kappa shape index (κ1) is 13.5. The summed E-state index contributed by atoms with van der Waals surface area (Å²) < 4.78 is 17.0. The summed E-state index contributed by atoms with van der Waals surface area (Å²) in [5.74, 6) is -0.228. The van der Waals surface area contributed by atoms with Crippen molar-refractivity contribution in [2.24, 2.45) is 0 Å². The molecule has 1 aromatic heterocycles. The lowest BCUT2D eigenvalue weighted by Crippen LogP contribution is -2.17. The van der Waals surface area contributed by atoms with Gasteiger partial charge in [-0.2, -0.15) is 9.64 Å². The molecule has 98 valence electrons. The summed E-state index contributed by atoms with van der Waals surface area (Å²) in [4.78, 5) is 0. The van der Waals surface area contributed by atoms with Crippen LogP contribution in [-0.2, 0) is 6.42 Å². The van der Waals surface area contributed by atoms with Crippen LogP contribution in [0.5, 0.6) is 0 Å². The smallest absolute Gasteiger partial charge is 0.127 e. The van der Waals surface area contributed by atoms with Crippen molar-refractivity contribution in [3.63, 3.8) is 0 Å². The summed E-state index contributed by atoms with van der Waals surface area (Å²) in [6.07, 6.45) is 0.766. The van der Waals surface area contributed by atoms with Gasteiger partial charge in [0, 0.05) is 6.04 Å². The van der Waals surface area contributed by atoms with E-state index in [1.54, 1.807) is 12.1 Å². The van der Waals surface area contributed by atoms with Gasteiger partial charge in [0.2, 0.25) is 0 Å². The Kier molecular flexibility index (Phi) is 4.13. The van der Waals surface area contributed by atoms with Gasteiger partial charge >= 0.3 is 0 Å². The first-order valence-corrected chi connectivity index (χ1v) is 6.75. The van der Waals surface area contributed by atoms with E-state index in [4.69, 9.17) is 5.26 Å². The van der Waals surface area contributed by atoms with Crippen molar-refractivity contribution < 1.29 is 4.39 Å². The minimum atomic E-state index is -0.228. The number of nitriles is 1. The van der Waals surface area contributed by atoms with Crippen molar-refractivity contribution in [3.8, 4) is 6.07 Å². The predicted molar refractivity (Wildman–Crippen MR) is 74.8 cm³/mol. The SMILES string of the molecule is Cc1nsc(NC(C)Cc2ccc(F)cc2)c1C#N. The van der Waals surface area contributed by atoms with E-state index < -0.39 is 0 Å². The van der Waals surface area contributed by atoms with E-state index in [0.29, 0.717) is 5.56 Å². The first-order chi connectivity index (χ1) is 9.10. The quantitative estimate of drug-likeness (QED) is 0.929. The van der Waals surface area contributed by atoms with E-state index in [2.05, 4.69) is 15.8 Å². The standard InChI is InChI=1S/C14H14FN3S/c1-9(7-11-3-5-12(15)6-4-11)17-14-13(8-16)10(2)18-19-14/h3-6,9,17H,7H2,1-2H3. The van der Waals surface area contributed by atoms with E-state index in [1.807, 2.05) is 13.8 Å². The molecule has 0 aliphatic carbocycles. The molecule has 0 saturated carbocycles. The molecule has 0 fully saturated rings. The lowest BCUT2D eigenvalue weighted by Gasteiger charge is -2.13. The van der Waals surface area contributed by atoms with Crippen molar-refractivity contribution in [2.75, 3.05) is 5.32 Å². The number of halogens is 1. The molecule has 0 radical (unpaired) electrons. The molecule has 1 aromatic carbocycles. The van der Waals surface area contributed by atoms with E-state index in [0.717, 1.165) is 22.7 Å². The number of nitrogens with zero attached hydrogens (tertiary/aromatic N) is 2. The molecular formula is C14H14FN3S. The Morgan fingerprint density at radius 3 is 2.74 bits per heavy atom. The van der Waals surface area contributed by atoms with Crippen LogP contribution in [0, 0.1) is 24.1 Å². The van der Waals surface area contributed by atoms with Crippen LogP contribution >= 0.6 is 11.5 Å². The second-order valence-corrected chi connectivity index (χ2v) is 5.23. The number of rotatable bonds is 4. The summed E-state index contributed by atoms with van der Waals surface area (Å²) in [5.41, 5.74) is 2.42. The molecule has 0 aliphatic rings. The van der Waals surface area contributed by atoms with Gasteiger partial charge in [-0.05, 0) is 49.5 Å². The molecule has 2 rings (SSSR count). The molecule has 19 heavy (non-hydrogen) atoms. The molecule has 1 unspecified atom stereocenters. The maximum atomic E-state index is 12.8. The average Bonchev–Trinajstić information content (AvgIpc) is 2.72. The molecule has 1 atom stereocenters. The number of benzene rings is 1. The van der Waals surface area contributed by atoms with Crippen molar-refractivity contribution in [3.05, 3.63) is 46.9 Å². The zero-order valence-electron chi connectivity index (χ0n) is 10.8. The molecule has 5 heteroatoms. The van der Waals surface area contributed by atoms with Gasteiger partial charge in [-0.3, -0.25) is 0 Å². The minimum Gasteiger partial charge on any atom is -0.372 e. The van der Waals surface area contributed by atoms with Crippen LogP contribution in [-0.4, -0.2) is 10.4 Å². The van der Waals surface area contributed by atoms with Crippen LogP contribution in [0.1, 0.15) is 23.7 Å². The molecule has 0 bridgehead atoms. The van der Waals surface area contributed by atoms with Crippen molar-refractivity contribution >= 4 is 16.5 Å². The molecule has 2 aromatic rings. The monoisotopic (exact) mass is 275 g/mol. The van der Waals surface area contributed by atoms with E-state index in [-0.39, 0.29) is 11.9 Å². The second-order valence-electron chi connectivity index (χ2n) is 4.46. The van der Waals surface area contributed by atoms with Gasteiger partial charge in [0.25, 0.3) is 0 Å². The van der Waals surface area contributed by atoms with Gasteiger partial charge in [-0.25, -0.2) is 4.39 Å². The molecular weight excluding hydrogens is 261 g/mol. The van der Waals surface area contributed by atoms with Crippen LogP contribution in [0.15, 0.2) is 24.3 Å². The number of hydrogen-bond donors (Lipinski definition) is 1. The molecule has 0 spiro atoms. The van der Waals surface area contributed by atoms with Crippen LogP contribution in [0.3, 0.4) is 0 Å². The highest BCUT2D eigenvalue weighted by molar-refractivity contribution is 7.10. The third-order valence-corrected chi connectivity index (χ3v) is 3.68. The Labute approximate surface area is 115 Å². The first-order valence-electron chi connectivity index (χ1n) is 5.97. The summed E-state index contributed by atoms with van der Waals surface area (Å²) in [7, 11) is 0. The Morgan fingerprint density at radius 2 is 2.11 bits per heavy atom. The number of nitrogens with one attached hydrogen (secondary N) is 1. The van der Waals surface area contributed by atoms with Gasteiger partial charge in [0.1, 0.15) is 22.5 Å². The highest BCUT2D eigenvalue weighted by Crippen LogP contribution is 2.24. The average molecular weight is 275 g/mol. The van der Waals surface area contributed by atoms with E-state index in [1.165, 1.54) is 23.7 Å². The highest BCUT2D eigenvalue weighted by Gasteiger charge is 2.12. The van der Waals surface area contributed by atoms with Gasteiger partial charge < -0.3 is 5.32 Å². The fourth-order valence-electron chi connectivity index (χ4n) is 1.85. The van der Waals surface area contributed by atoms with Crippen molar-refractivity contribution in [2.45, 2.75) is 26.3 Å². The molecule has 1 N–H and O–H groups in total. The Balaban J connectivity index is 2.03. The highest BCUT2D eigenvalue weighted by atomic mass is 32.1. The Bertz CT molecular complexity index is 598. The summed E-state index contributed by atoms with van der Waals surface area (Å²) >= 11 is 1.30. The lowest BCUT2D eigenvalue weighted by molar-refractivity contribution is 0.626. The normalized spacial score (nSPS) is 11.9. The maximum absolute atomic E-state index is 12.8. The predicted octanol–water partition coefficient (Wildman–Crippen LogP) is 3.51. The van der Waals surface area contributed by atoms with E-state index in [9.17, 15) is 4.39 Å². The Morgan fingerprint density at radius 1 is 1.42 bits per heavy atom. The number of hydrogen-bond acceptors (Lipinski definition) is 4.